The molecule has 2 heteroatoms. The summed E-state index contributed by atoms with van der Waals surface area (Å²) < 4.78 is 5.89. The summed E-state index contributed by atoms with van der Waals surface area (Å²) in [5.41, 5.74) is 0.973. The molecule has 104 valence electrons. The first-order chi connectivity index (χ1) is 9.06. The van der Waals surface area contributed by atoms with Crippen molar-refractivity contribution in [1.82, 2.24) is 5.32 Å². The predicted molar refractivity (Wildman–Crippen MR) is 81.3 cm³/mol. The van der Waals surface area contributed by atoms with E-state index in [4.69, 9.17) is 4.42 Å². The topological polar surface area (TPSA) is 25.2 Å². The second-order valence-corrected chi connectivity index (χ2v) is 5.95. The van der Waals surface area contributed by atoms with E-state index in [1.54, 1.807) is 0 Å². The van der Waals surface area contributed by atoms with Crippen LogP contribution in [0, 0.1) is 5.92 Å². The van der Waals surface area contributed by atoms with Gasteiger partial charge in [0.15, 0.2) is 0 Å². The fourth-order valence-corrected chi connectivity index (χ4v) is 2.39. The lowest BCUT2D eigenvalue weighted by Crippen LogP contribution is -2.28. The second kappa shape index (κ2) is 6.25. The van der Waals surface area contributed by atoms with Crippen molar-refractivity contribution in [2.24, 2.45) is 5.92 Å². The van der Waals surface area contributed by atoms with Crippen LogP contribution in [0.15, 0.2) is 34.7 Å². The predicted octanol–water partition coefficient (Wildman–Crippen LogP) is 4.91. The lowest BCUT2D eigenvalue weighted by Gasteiger charge is -2.19. The Morgan fingerprint density at radius 2 is 1.79 bits per heavy atom. The third-order valence-corrected chi connectivity index (χ3v) is 3.58. The van der Waals surface area contributed by atoms with Crippen LogP contribution in [0.3, 0.4) is 0 Å². The minimum absolute atomic E-state index is 0.259. The molecular weight excluding hydrogens is 234 g/mol. The monoisotopic (exact) mass is 259 g/mol. The number of hydrogen-bond acceptors (Lipinski definition) is 2. The lowest BCUT2D eigenvalue weighted by atomic mass is 10.0. The molecule has 1 aromatic carbocycles. The number of furan rings is 1. The molecule has 0 amide bonds. The molecule has 0 spiro atoms. The molecule has 1 aromatic heterocycles. The van der Waals surface area contributed by atoms with Gasteiger partial charge >= 0.3 is 0 Å². The zero-order chi connectivity index (χ0) is 13.8. The van der Waals surface area contributed by atoms with Gasteiger partial charge in [0.05, 0.1) is 6.04 Å². The first-order valence-corrected chi connectivity index (χ1v) is 7.30. The summed E-state index contributed by atoms with van der Waals surface area (Å²) in [5, 5.41) is 4.80. The molecular formula is C17H25NO. The molecule has 0 aliphatic rings. The van der Waals surface area contributed by atoms with Gasteiger partial charge in [-0.15, -0.1) is 0 Å². The van der Waals surface area contributed by atoms with E-state index >= 15 is 0 Å². The molecule has 2 aromatic rings. The Labute approximate surface area is 116 Å². The molecule has 0 bridgehead atoms. The molecule has 2 atom stereocenters. The molecule has 19 heavy (non-hydrogen) atoms. The fourth-order valence-electron chi connectivity index (χ4n) is 2.39. The highest BCUT2D eigenvalue weighted by atomic mass is 16.3. The third kappa shape index (κ3) is 3.84. The van der Waals surface area contributed by atoms with Gasteiger partial charge < -0.3 is 9.73 Å². The van der Waals surface area contributed by atoms with E-state index in [2.05, 4.69) is 45.1 Å². The van der Waals surface area contributed by atoms with Gasteiger partial charge in [0.1, 0.15) is 11.3 Å². The van der Waals surface area contributed by atoms with Gasteiger partial charge in [0.25, 0.3) is 0 Å². The summed E-state index contributed by atoms with van der Waals surface area (Å²) in [6.07, 6.45) is 2.48. The number of para-hydroxylation sites is 1. The van der Waals surface area contributed by atoms with Crippen molar-refractivity contribution in [2.75, 3.05) is 0 Å². The summed E-state index contributed by atoms with van der Waals surface area (Å²) in [6, 6.07) is 11.1. The Morgan fingerprint density at radius 3 is 2.47 bits per heavy atom. The van der Waals surface area contributed by atoms with Gasteiger partial charge in [-0.1, -0.05) is 32.0 Å². The number of rotatable bonds is 6. The molecule has 2 nitrogen and oxygen atoms in total. The van der Waals surface area contributed by atoms with Crippen molar-refractivity contribution in [2.45, 2.75) is 52.6 Å². The van der Waals surface area contributed by atoms with E-state index in [0.717, 1.165) is 17.3 Å². The Morgan fingerprint density at radius 1 is 1.05 bits per heavy atom. The Hall–Kier alpha value is -1.28. The van der Waals surface area contributed by atoms with E-state index in [-0.39, 0.29) is 6.04 Å². The van der Waals surface area contributed by atoms with Crippen LogP contribution in [-0.4, -0.2) is 6.04 Å². The van der Waals surface area contributed by atoms with Crippen LogP contribution in [-0.2, 0) is 0 Å². The average molecular weight is 259 g/mol. The second-order valence-electron chi connectivity index (χ2n) is 5.95. The van der Waals surface area contributed by atoms with Gasteiger partial charge in [-0.25, -0.2) is 0 Å². The summed E-state index contributed by atoms with van der Waals surface area (Å²) >= 11 is 0. The first kappa shape index (κ1) is 14.1. The maximum absolute atomic E-state index is 5.89. The molecule has 0 saturated heterocycles. The third-order valence-electron chi connectivity index (χ3n) is 3.58. The standard InChI is InChI=1S/C17H25NO/c1-12(2)9-10-13(3)18-14(4)17-11-15-7-5-6-8-16(15)19-17/h5-8,11-14,18H,9-10H2,1-4H3. The van der Waals surface area contributed by atoms with Gasteiger partial charge in [0, 0.05) is 11.4 Å². The number of benzene rings is 1. The summed E-state index contributed by atoms with van der Waals surface area (Å²) in [5.74, 6) is 1.79. The molecule has 0 radical (unpaired) electrons. The van der Waals surface area contributed by atoms with E-state index in [1.807, 2.05) is 18.2 Å². The Kier molecular flexibility index (Phi) is 4.65. The number of nitrogens with one attached hydrogen (secondary N) is 1. The van der Waals surface area contributed by atoms with Crippen LogP contribution in [0.2, 0.25) is 0 Å². The zero-order valence-corrected chi connectivity index (χ0v) is 12.4. The molecule has 0 saturated carbocycles. The van der Waals surface area contributed by atoms with Crippen LogP contribution in [0.4, 0.5) is 0 Å². The zero-order valence-electron chi connectivity index (χ0n) is 12.4. The highest BCUT2D eigenvalue weighted by molar-refractivity contribution is 5.77. The summed E-state index contributed by atoms with van der Waals surface area (Å²) in [7, 11) is 0. The number of hydrogen-bond donors (Lipinski definition) is 1. The van der Waals surface area contributed by atoms with Gasteiger partial charge in [-0.05, 0) is 44.7 Å². The smallest absolute Gasteiger partial charge is 0.134 e. The SMILES string of the molecule is CC(C)CCC(C)NC(C)c1cc2ccccc2o1. The quantitative estimate of drug-likeness (QED) is 0.797. The molecule has 2 rings (SSSR count). The van der Waals surface area contributed by atoms with Crippen molar-refractivity contribution < 1.29 is 4.42 Å². The van der Waals surface area contributed by atoms with Crippen molar-refractivity contribution in [3.63, 3.8) is 0 Å². The average Bonchev–Trinajstić information content (AvgIpc) is 2.80. The highest BCUT2D eigenvalue weighted by Crippen LogP contribution is 2.24. The molecule has 1 N–H and O–H groups in total. The van der Waals surface area contributed by atoms with Crippen LogP contribution >= 0.6 is 0 Å². The summed E-state index contributed by atoms with van der Waals surface area (Å²) in [4.78, 5) is 0. The van der Waals surface area contributed by atoms with Crippen molar-refractivity contribution in [3.05, 3.63) is 36.1 Å². The molecule has 0 aliphatic heterocycles. The first-order valence-electron chi connectivity index (χ1n) is 7.30. The van der Waals surface area contributed by atoms with E-state index in [0.29, 0.717) is 6.04 Å². The van der Waals surface area contributed by atoms with E-state index in [1.165, 1.54) is 18.2 Å². The largest absolute Gasteiger partial charge is 0.459 e. The minimum atomic E-state index is 0.259. The molecule has 1 heterocycles. The lowest BCUT2D eigenvalue weighted by molar-refractivity contribution is 0.381. The maximum Gasteiger partial charge on any atom is 0.134 e. The minimum Gasteiger partial charge on any atom is -0.459 e. The highest BCUT2D eigenvalue weighted by Gasteiger charge is 2.14. The van der Waals surface area contributed by atoms with Gasteiger partial charge in [-0.3, -0.25) is 0 Å². The van der Waals surface area contributed by atoms with Crippen LogP contribution in [0.1, 0.15) is 52.3 Å². The van der Waals surface area contributed by atoms with Crippen LogP contribution in [0.5, 0.6) is 0 Å². The fraction of sp³-hybridized carbons (Fsp3) is 0.529. The molecule has 0 aliphatic carbocycles. The van der Waals surface area contributed by atoms with E-state index < -0.39 is 0 Å². The Bertz CT molecular complexity index is 482. The van der Waals surface area contributed by atoms with Crippen LogP contribution < -0.4 is 5.32 Å². The normalized spacial score (nSPS) is 15.0. The van der Waals surface area contributed by atoms with Crippen molar-refractivity contribution in [3.8, 4) is 0 Å². The molecule has 0 fully saturated rings. The summed E-state index contributed by atoms with van der Waals surface area (Å²) in [6.45, 7) is 8.97. The van der Waals surface area contributed by atoms with Gasteiger partial charge in [0.2, 0.25) is 0 Å². The van der Waals surface area contributed by atoms with Crippen molar-refractivity contribution >= 4 is 11.0 Å². The maximum atomic E-state index is 5.89. The Balaban J connectivity index is 1.97. The van der Waals surface area contributed by atoms with Gasteiger partial charge in [-0.2, -0.15) is 0 Å². The number of fused-ring (bicyclic) bond motifs is 1. The van der Waals surface area contributed by atoms with Crippen molar-refractivity contribution in [1.29, 1.82) is 0 Å². The van der Waals surface area contributed by atoms with Crippen LogP contribution in [0.25, 0.3) is 11.0 Å². The van der Waals surface area contributed by atoms with E-state index in [9.17, 15) is 0 Å². The molecule has 2 unspecified atom stereocenters.